The van der Waals surface area contributed by atoms with Gasteiger partial charge in [-0.25, -0.2) is 9.59 Å². The van der Waals surface area contributed by atoms with Gasteiger partial charge in [0, 0.05) is 18.2 Å². The Kier molecular flexibility index (Phi) is 12.3. The molecule has 0 aromatic carbocycles. The standard InChI is InChI=1S/C8H15NO2.C5H8O2/c1-7(2)8(10)11-6-5-9(3)4;1-3-5(6)7-4-2/h1,5-6H2,2-4H3;3H,1,4H2,2H3. The van der Waals surface area contributed by atoms with E-state index in [2.05, 4.69) is 17.9 Å². The molecule has 18 heavy (non-hydrogen) atoms. The van der Waals surface area contributed by atoms with Crippen molar-refractivity contribution in [2.45, 2.75) is 13.8 Å². The van der Waals surface area contributed by atoms with Crippen LogP contribution in [0.5, 0.6) is 0 Å². The van der Waals surface area contributed by atoms with Gasteiger partial charge >= 0.3 is 11.9 Å². The van der Waals surface area contributed by atoms with Crippen LogP contribution in [0.25, 0.3) is 0 Å². The Labute approximate surface area is 109 Å². The molecule has 0 radical (unpaired) electrons. The molecule has 0 heterocycles. The normalized spacial score (nSPS) is 8.94. The third-order valence-corrected chi connectivity index (χ3v) is 1.57. The van der Waals surface area contributed by atoms with Gasteiger partial charge in [0.2, 0.25) is 0 Å². The lowest BCUT2D eigenvalue weighted by atomic mass is 10.4. The van der Waals surface area contributed by atoms with Crippen LogP contribution in [0.2, 0.25) is 0 Å². The first-order chi connectivity index (χ1) is 8.34. The second-order valence-corrected chi connectivity index (χ2v) is 3.68. The molecule has 5 heteroatoms. The topological polar surface area (TPSA) is 55.8 Å². The summed E-state index contributed by atoms with van der Waals surface area (Å²) in [4.78, 5) is 22.8. The first kappa shape index (κ1) is 18.7. The van der Waals surface area contributed by atoms with E-state index >= 15 is 0 Å². The van der Waals surface area contributed by atoms with Crippen LogP contribution in [0.4, 0.5) is 0 Å². The Morgan fingerprint density at radius 2 is 1.83 bits per heavy atom. The summed E-state index contributed by atoms with van der Waals surface area (Å²) in [5.74, 6) is -0.672. The molecule has 0 aliphatic rings. The zero-order valence-electron chi connectivity index (χ0n) is 11.7. The van der Waals surface area contributed by atoms with Crippen molar-refractivity contribution >= 4 is 11.9 Å². The number of hydrogen-bond acceptors (Lipinski definition) is 5. The van der Waals surface area contributed by atoms with Gasteiger partial charge in [-0.1, -0.05) is 13.2 Å². The molecule has 104 valence electrons. The van der Waals surface area contributed by atoms with Crippen molar-refractivity contribution in [1.29, 1.82) is 0 Å². The molecule has 5 nitrogen and oxygen atoms in total. The average Bonchev–Trinajstić information content (AvgIpc) is 2.29. The number of carbonyl (C=O) groups is 2. The van der Waals surface area contributed by atoms with Gasteiger partial charge in [-0.2, -0.15) is 0 Å². The molecule has 0 rings (SSSR count). The summed E-state index contributed by atoms with van der Waals surface area (Å²) >= 11 is 0. The van der Waals surface area contributed by atoms with Crippen LogP contribution in [0, 0.1) is 0 Å². The van der Waals surface area contributed by atoms with E-state index in [4.69, 9.17) is 4.74 Å². The van der Waals surface area contributed by atoms with Crippen molar-refractivity contribution in [3.05, 3.63) is 24.8 Å². The van der Waals surface area contributed by atoms with E-state index < -0.39 is 0 Å². The van der Waals surface area contributed by atoms with Crippen molar-refractivity contribution < 1.29 is 19.1 Å². The number of nitrogens with zero attached hydrogens (tertiary/aromatic N) is 1. The third kappa shape index (κ3) is 14.4. The molecule has 0 aliphatic heterocycles. The molecule has 0 N–H and O–H groups in total. The Hall–Kier alpha value is -1.62. The molecule has 0 saturated carbocycles. The summed E-state index contributed by atoms with van der Waals surface area (Å²) in [6.07, 6.45) is 1.14. The van der Waals surface area contributed by atoms with Gasteiger partial charge in [0.1, 0.15) is 6.61 Å². The molecule has 0 fully saturated rings. The van der Waals surface area contributed by atoms with E-state index in [1.54, 1.807) is 13.8 Å². The van der Waals surface area contributed by atoms with E-state index in [0.29, 0.717) is 18.8 Å². The van der Waals surface area contributed by atoms with E-state index in [9.17, 15) is 9.59 Å². The van der Waals surface area contributed by atoms with E-state index in [1.165, 1.54) is 0 Å². The summed E-state index contributed by atoms with van der Waals surface area (Å²) < 4.78 is 9.27. The Balaban J connectivity index is 0. The Morgan fingerprint density at radius 1 is 1.28 bits per heavy atom. The SMILES string of the molecule is C=C(C)C(=O)OCCN(C)C.C=CC(=O)OCC. The van der Waals surface area contributed by atoms with Gasteiger partial charge in [-0.3, -0.25) is 0 Å². The number of esters is 2. The minimum Gasteiger partial charge on any atom is -0.463 e. The minimum absolute atomic E-state index is 0.313. The molecule has 0 amide bonds. The predicted molar refractivity (Wildman–Crippen MR) is 71.2 cm³/mol. The van der Waals surface area contributed by atoms with Gasteiger partial charge in [0.05, 0.1) is 6.61 Å². The van der Waals surface area contributed by atoms with Crippen LogP contribution < -0.4 is 0 Å². The quantitative estimate of drug-likeness (QED) is 0.532. The van der Waals surface area contributed by atoms with E-state index in [0.717, 1.165) is 12.6 Å². The first-order valence-corrected chi connectivity index (χ1v) is 5.61. The molecule has 0 aromatic rings. The molecular formula is C13H23NO4. The Morgan fingerprint density at radius 3 is 2.11 bits per heavy atom. The van der Waals surface area contributed by atoms with Crippen LogP contribution in [0.15, 0.2) is 24.8 Å². The fraction of sp³-hybridized carbons (Fsp3) is 0.538. The minimum atomic E-state index is -0.359. The van der Waals surface area contributed by atoms with Crippen molar-refractivity contribution in [3.63, 3.8) is 0 Å². The third-order valence-electron chi connectivity index (χ3n) is 1.57. The van der Waals surface area contributed by atoms with Crippen LogP contribution in [0.3, 0.4) is 0 Å². The molecule has 0 aromatic heterocycles. The van der Waals surface area contributed by atoms with Gasteiger partial charge in [-0.05, 0) is 27.9 Å². The van der Waals surface area contributed by atoms with Crippen LogP contribution >= 0.6 is 0 Å². The molecular weight excluding hydrogens is 234 g/mol. The van der Waals surface area contributed by atoms with E-state index in [1.807, 2.05) is 19.0 Å². The second-order valence-electron chi connectivity index (χ2n) is 3.68. The van der Waals surface area contributed by atoms with E-state index in [-0.39, 0.29) is 11.9 Å². The zero-order valence-corrected chi connectivity index (χ0v) is 11.7. The van der Waals surface area contributed by atoms with Crippen molar-refractivity contribution in [2.75, 3.05) is 33.9 Å². The fourth-order valence-electron chi connectivity index (χ4n) is 0.645. The second kappa shape index (κ2) is 11.9. The largest absolute Gasteiger partial charge is 0.463 e. The fourth-order valence-corrected chi connectivity index (χ4v) is 0.645. The van der Waals surface area contributed by atoms with Crippen LogP contribution in [-0.2, 0) is 19.1 Å². The number of rotatable bonds is 6. The number of carbonyl (C=O) groups excluding carboxylic acids is 2. The smallest absolute Gasteiger partial charge is 0.333 e. The van der Waals surface area contributed by atoms with Gasteiger partial charge in [0.25, 0.3) is 0 Å². The zero-order chi connectivity index (χ0) is 14.6. The highest BCUT2D eigenvalue weighted by Gasteiger charge is 2.01. The number of hydrogen-bond donors (Lipinski definition) is 0. The lowest BCUT2D eigenvalue weighted by Gasteiger charge is -2.09. The Bertz CT molecular complexity index is 285. The maximum absolute atomic E-state index is 10.8. The van der Waals surface area contributed by atoms with Crippen molar-refractivity contribution in [1.82, 2.24) is 4.90 Å². The van der Waals surface area contributed by atoms with Gasteiger partial charge < -0.3 is 14.4 Å². The molecule has 0 atom stereocenters. The lowest BCUT2D eigenvalue weighted by Crippen LogP contribution is -2.20. The summed E-state index contributed by atoms with van der Waals surface area (Å²) in [6, 6.07) is 0. The highest BCUT2D eigenvalue weighted by Crippen LogP contribution is 1.91. The highest BCUT2D eigenvalue weighted by molar-refractivity contribution is 5.86. The highest BCUT2D eigenvalue weighted by atomic mass is 16.5. The maximum atomic E-state index is 10.8. The van der Waals surface area contributed by atoms with Crippen LogP contribution in [-0.4, -0.2) is 50.7 Å². The van der Waals surface area contributed by atoms with Crippen molar-refractivity contribution in [2.24, 2.45) is 0 Å². The van der Waals surface area contributed by atoms with Gasteiger partial charge in [-0.15, -0.1) is 0 Å². The molecule has 0 bridgehead atoms. The summed E-state index contributed by atoms with van der Waals surface area (Å²) in [7, 11) is 3.85. The lowest BCUT2D eigenvalue weighted by molar-refractivity contribution is -0.139. The van der Waals surface area contributed by atoms with Gasteiger partial charge in [0.15, 0.2) is 0 Å². The summed E-state index contributed by atoms with van der Waals surface area (Å²) in [5.41, 5.74) is 0.448. The first-order valence-electron chi connectivity index (χ1n) is 5.61. The average molecular weight is 257 g/mol. The number of ether oxygens (including phenoxy) is 2. The molecule has 0 spiro atoms. The van der Waals surface area contributed by atoms with Crippen molar-refractivity contribution in [3.8, 4) is 0 Å². The number of likely N-dealkylation sites (N-methyl/N-ethyl adjacent to an activating group) is 1. The molecule has 0 aliphatic carbocycles. The maximum Gasteiger partial charge on any atom is 0.333 e. The van der Waals surface area contributed by atoms with Crippen LogP contribution in [0.1, 0.15) is 13.8 Å². The molecule has 0 saturated heterocycles. The summed E-state index contributed by atoms with van der Waals surface area (Å²) in [6.45, 7) is 11.7. The molecule has 0 unspecified atom stereocenters. The monoisotopic (exact) mass is 257 g/mol. The predicted octanol–water partition coefficient (Wildman–Crippen LogP) is 1.40. The summed E-state index contributed by atoms with van der Waals surface area (Å²) in [5, 5.41) is 0.